The molecule has 1 amide bonds. The Morgan fingerprint density at radius 2 is 2.10 bits per heavy atom. The van der Waals surface area contributed by atoms with Crippen LogP contribution >= 0.6 is 0 Å². The number of ether oxygens (including phenoxy) is 1. The van der Waals surface area contributed by atoms with Crippen LogP contribution in [0.2, 0.25) is 0 Å². The molecule has 0 radical (unpaired) electrons. The predicted molar refractivity (Wildman–Crippen MR) is 78.3 cm³/mol. The standard InChI is InChI=1S/C14H16N4O3/c1-8-5-12(19)18(14(17-8)21-2)7-10-4-3-9(13(16)20)6-11(10)15/h3-6H,7,15H2,1-2H3,(H2,16,20). The highest BCUT2D eigenvalue weighted by molar-refractivity contribution is 5.93. The number of nitrogens with two attached hydrogens (primary N) is 2. The number of aryl methyl sites for hydroxylation is 1. The van der Waals surface area contributed by atoms with Crippen molar-refractivity contribution >= 4 is 11.6 Å². The van der Waals surface area contributed by atoms with E-state index in [0.717, 1.165) is 0 Å². The van der Waals surface area contributed by atoms with Crippen LogP contribution in [0.5, 0.6) is 6.01 Å². The Hall–Kier alpha value is -2.83. The maximum atomic E-state index is 12.0. The van der Waals surface area contributed by atoms with E-state index in [4.69, 9.17) is 16.2 Å². The van der Waals surface area contributed by atoms with E-state index in [1.54, 1.807) is 19.1 Å². The van der Waals surface area contributed by atoms with Gasteiger partial charge in [-0.25, -0.2) is 4.98 Å². The van der Waals surface area contributed by atoms with Gasteiger partial charge in [0.05, 0.1) is 13.7 Å². The first-order valence-electron chi connectivity index (χ1n) is 6.23. The van der Waals surface area contributed by atoms with Crippen LogP contribution in [0.4, 0.5) is 5.69 Å². The van der Waals surface area contributed by atoms with Crippen LogP contribution < -0.4 is 21.8 Å². The van der Waals surface area contributed by atoms with Gasteiger partial charge in [-0.1, -0.05) is 6.07 Å². The molecule has 4 N–H and O–H groups in total. The number of benzene rings is 1. The number of rotatable bonds is 4. The molecule has 2 rings (SSSR count). The van der Waals surface area contributed by atoms with E-state index in [0.29, 0.717) is 22.5 Å². The molecule has 0 unspecified atom stereocenters. The molecule has 21 heavy (non-hydrogen) atoms. The molecule has 0 saturated carbocycles. The fourth-order valence-electron chi connectivity index (χ4n) is 1.96. The average molecular weight is 288 g/mol. The number of methoxy groups -OCH3 is 1. The van der Waals surface area contributed by atoms with Gasteiger partial charge in [0.2, 0.25) is 5.91 Å². The number of hydrogen-bond acceptors (Lipinski definition) is 5. The molecule has 2 aromatic rings. The van der Waals surface area contributed by atoms with E-state index in [9.17, 15) is 9.59 Å². The number of primary amides is 1. The van der Waals surface area contributed by atoms with E-state index in [1.165, 1.54) is 23.8 Å². The van der Waals surface area contributed by atoms with Crippen molar-refractivity contribution in [3.05, 3.63) is 51.4 Å². The Bertz CT molecular complexity index is 752. The number of aromatic nitrogens is 2. The van der Waals surface area contributed by atoms with E-state index >= 15 is 0 Å². The minimum Gasteiger partial charge on any atom is -0.468 e. The Labute approximate surface area is 121 Å². The van der Waals surface area contributed by atoms with Crippen LogP contribution in [0, 0.1) is 6.92 Å². The molecule has 0 spiro atoms. The molecule has 0 saturated heterocycles. The quantitative estimate of drug-likeness (QED) is 0.785. The van der Waals surface area contributed by atoms with Gasteiger partial charge in [-0.05, 0) is 24.6 Å². The van der Waals surface area contributed by atoms with Crippen molar-refractivity contribution < 1.29 is 9.53 Å². The summed E-state index contributed by atoms with van der Waals surface area (Å²) in [5.41, 5.74) is 12.8. The fraction of sp³-hybridized carbons (Fsp3) is 0.214. The zero-order valence-corrected chi connectivity index (χ0v) is 11.8. The number of hydrogen-bond donors (Lipinski definition) is 2. The van der Waals surface area contributed by atoms with Gasteiger partial charge in [0.25, 0.3) is 11.6 Å². The normalized spacial score (nSPS) is 10.4. The third kappa shape index (κ3) is 3.02. The Morgan fingerprint density at radius 1 is 1.38 bits per heavy atom. The Morgan fingerprint density at radius 3 is 2.67 bits per heavy atom. The van der Waals surface area contributed by atoms with Gasteiger partial charge in [0.15, 0.2) is 0 Å². The first-order valence-corrected chi connectivity index (χ1v) is 6.23. The highest BCUT2D eigenvalue weighted by atomic mass is 16.5. The summed E-state index contributed by atoms with van der Waals surface area (Å²) < 4.78 is 6.48. The van der Waals surface area contributed by atoms with E-state index in [1.807, 2.05) is 0 Å². The predicted octanol–water partition coefficient (Wildman–Crippen LogP) is 0.290. The SMILES string of the molecule is COc1nc(C)cc(=O)n1Cc1ccc(C(N)=O)cc1N. The molecule has 0 bridgehead atoms. The number of amides is 1. The van der Waals surface area contributed by atoms with Gasteiger partial charge in [-0.2, -0.15) is 0 Å². The molecule has 0 aliphatic carbocycles. The summed E-state index contributed by atoms with van der Waals surface area (Å²) in [5, 5.41) is 0. The topological polar surface area (TPSA) is 113 Å². The first kappa shape index (κ1) is 14.6. The zero-order valence-electron chi connectivity index (χ0n) is 11.8. The van der Waals surface area contributed by atoms with Crippen LogP contribution in [-0.4, -0.2) is 22.6 Å². The molecule has 0 fully saturated rings. The van der Waals surface area contributed by atoms with Crippen molar-refractivity contribution in [3.63, 3.8) is 0 Å². The Balaban J connectivity index is 2.43. The second-order valence-electron chi connectivity index (χ2n) is 4.59. The molecule has 0 aliphatic heterocycles. The summed E-state index contributed by atoms with van der Waals surface area (Å²) >= 11 is 0. The van der Waals surface area contributed by atoms with Crippen LogP contribution in [0.25, 0.3) is 0 Å². The summed E-state index contributed by atoms with van der Waals surface area (Å²) in [5.74, 6) is -0.556. The van der Waals surface area contributed by atoms with Gasteiger partial charge in [-0.15, -0.1) is 0 Å². The Kier molecular flexibility index (Phi) is 3.93. The van der Waals surface area contributed by atoms with Gasteiger partial charge < -0.3 is 16.2 Å². The second kappa shape index (κ2) is 5.66. The van der Waals surface area contributed by atoms with Crippen molar-refractivity contribution in [3.8, 4) is 6.01 Å². The smallest absolute Gasteiger partial charge is 0.299 e. The van der Waals surface area contributed by atoms with Crippen molar-refractivity contribution in [1.29, 1.82) is 0 Å². The number of anilines is 1. The van der Waals surface area contributed by atoms with Crippen LogP contribution in [0.3, 0.4) is 0 Å². The maximum absolute atomic E-state index is 12.0. The highest BCUT2D eigenvalue weighted by Gasteiger charge is 2.11. The second-order valence-corrected chi connectivity index (χ2v) is 4.59. The lowest BCUT2D eigenvalue weighted by Gasteiger charge is -2.12. The number of nitrogen functional groups attached to an aromatic ring is 1. The lowest BCUT2D eigenvalue weighted by molar-refractivity contribution is 0.100. The molecule has 7 nitrogen and oxygen atoms in total. The summed E-state index contributed by atoms with van der Waals surface area (Å²) in [6, 6.07) is 6.32. The largest absolute Gasteiger partial charge is 0.468 e. The van der Waals surface area contributed by atoms with Crippen molar-refractivity contribution in [2.75, 3.05) is 12.8 Å². The van der Waals surface area contributed by atoms with Crippen LogP contribution in [0.15, 0.2) is 29.1 Å². The molecular weight excluding hydrogens is 272 g/mol. The first-order chi connectivity index (χ1) is 9.92. The summed E-state index contributed by atoms with van der Waals surface area (Å²) in [7, 11) is 1.44. The molecule has 0 atom stereocenters. The van der Waals surface area contributed by atoms with E-state index in [2.05, 4.69) is 4.98 Å². The number of carbonyl (C=O) groups excluding carboxylic acids is 1. The summed E-state index contributed by atoms with van der Waals surface area (Å²) in [4.78, 5) is 27.3. The van der Waals surface area contributed by atoms with Crippen molar-refractivity contribution in [1.82, 2.24) is 9.55 Å². The number of nitrogens with zero attached hydrogens (tertiary/aromatic N) is 2. The maximum Gasteiger partial charge on any atom is 0.299 e. The van der Waals surface area contributed by atoms with E-state index in [-0.39, 0.29) is 18.1 Å². The molecule has 7 heteroatoms. The molecule has 0 aliphatic rings. The fourth-order valence-corrected chi connectivity index (χ4v) is 1.96. The van der Waals surface area contributed by atoms with Gasteiger partial charge in [-0.3, -0.25) is 14.2 Å². The van der Waals surface area contributed by atoms with Crippen LogP contribution in [0.1, 0.15) is 21.6 Å². The molecule has 110 valence electrons. The van der Waals surface area contributed by atoms with Crippen LogP contribution in [-0.2, 0) is 6.54 Å². The number of carbonyl (C=O) groups is 1. The lowest BCUT2D eigenvalue weighted by Crippen LogP contribution is -2.23. The molecular formula is C14H16N4O3. The van der Waals surface area contributed by atoms with Gasteiger partial charge >= 0.3 is 0 Å². The third-order valence-electron chi connectivity index (χ3n) is 3.04. The molecule has 1 aromatic heterocycles. The summed E-state index contributed by atoms with van der Waals surface area (Å²) in [6.07, 6.45) is 0. The average Bonchev–Trinajstić information content (AvgIpc) is 2.42. The molecule has 1 aromatic carbocycles. The minimum absolute atomic E-state index is 0.195. The lowest BCUT2D eigenvalue weighted by atomic mass is 10.1. The monoisotopic (exact) mass is 288 g/mol. The zero-order chi connectivity index (χ0) is 15.6. The van der Waals surface area contributed by atoms with Crippen molar-refractivity contribution in [2.24, 2.45) is 5.73 Å². The van der Waals surface area contributed by atoms with E-state index < -0.39 is 5.91 Å². The van der Waals surface area contributed by atoms with Gasteiger partial charge in [0.1, 0.15) is 0 Å². The van der Waals surface area contributed by atoms with Crippen molar-refractivity contribution in [2.45, 2.75) is 13.5 Å². The molecule has 1 heterocycles. The van der Waals surface area contributed by atoms with Gasteiger partial charge in [0, 0.05) is 23.0 Å². The minimum atomic E-state index is -0.556. The third-order valence-corrected chi connectivity index (χ3v) is 3.04. The summed E-state index contributed by atoms with van der Waals surface area (Å²) in [6.45, 7) is 1.91. The highest BCUT2D eigenvalue weighted by Crippen LogP contribution is 2.17.